The number of aryl methyl sites for hydroxylation is 1. The Labute approximate surface area is 153 Å². The molecule has 3 N–H and O–H groups in total. The highest BCUT2D eigenvalue weighted by Crippen LogP contribution is 2.44. The molecule has 136 valence electrons. The number of ether oxygens (including phenoxy) is 3. The summed E-state index contributed by atoms with van der Waals surface area (Å²) >= 11 is 0. The van der Waals surface area contributed by atoms with E-state index < -0.39 is 0 Å². The second kappa shape index (κ2) is 7.12. The molecule has 1 aliphatic carbocycles. The minimum Gasteiger partial charge on any atom is -0.493 e. The van der Waals surface area contributed by atoms with Crippen LogP contribution >= 0.6 is 0 Å². The van der Waals surface area contributed by atoms with Gasteiger partial charge in [-0.3, -0.25) is 5.73 Å². The zero-order valence-corrected chi connectivity index (χ0v) is 15.6. The maximum atomic E-state index is 9.74. The first-order chi connectivity index (χ1) is 12.5. The van der Waals surface area contributed by atoms with E-state index in [0.717, 1.165) is 41.6 Å². The number of fused-ring (bicyclic) bond motifs is 1. The summed E-state index contributed by atoms with van der Waals surface area (Å²) in [5.74, 6) is 2.57. The van der Waals surface area contributed by atoms with Crippen molar-refractivity contribution < 1.29 is 19.2 Å². The molecular formula is C20H24N3O3+. The monoisotopic (exact) mass is 354 g/mol. The zero-order chi connectivity index (χ0) is 18.8. The van der Waals surface area contributed by atoms with Crippen LogP contribution in [0.5, 0.6) is 17.2 Å². The highest BCUT2D eigenvalue weighted by molar-refractivity contribution is 5.81. The lowest BCUT2D eigenvalue weighted by molar-refractivity contribution is -0.375. The van der Waals surface area contributed by atoms with Crippen LogP contribution in [0.1, 0.15) is 30.2 Å². The number of nitrogens with two attached hydrogens (primary N) is 1. The summed E-state index contributed by atoms with van der Waals surface area (Å²) in [6.07, 6.45) is 2.92. The van der Waals surface area contributed by atoms with Crippen LogP contribution in [0.2, 0.25) is 0 Å². The van der Waals surface area contributed by atoms with Gasteiger partial charge in [0.1, 0.15) is 17.3 Å². The van der Waals surface area contributed by atoms with E-state index in [-0.39, 0.29) is 0 Å². The fourth-order valence-corrected chi connectivity index (χ4v) is 3.68. The van der Waals surface area contributed by atoms with Crippen molar-refractivity contribution in [3.8, 4) is 34.4 Å². The highest BCUT2D eigenvalue weighted by Gasteiger charge is 2.28. The van der Waals surface area contributed by atoms with Crippen LogP contribution in [0.4, 0.5) is 5.82 Å². The number of anilines is 1. The molecule has 0 unspecified atom stereocenters. The number of methoxy groups -OCH3 is 3. The van der Waals surface area contributed by atoms with E-state index in [4.69, 9.17) is 19.9 Å². The van der Waals surface area contributed by atoms with Crippen molar-refractivity contribution in [1.29, 1.82) is 5.26 Å². The molecule has 0 saturated carbocycles. The maximum Gasteiger partial charge on any atom is 0.289 e. The average molecular weight is 354 g/mol. The molecule has 1 heterocycles. The van der Waals surface area contributed by atoms with Crippen LogP contribution in [0.15, 0.2) is 12.1 Å². The van der Waals surface area contributed by atoms with Gasteiger partial charge in [0, 0.05) is 17.5 Å². The van der Waals surface area contributed by atoms with Crippen molar-refractivity contribution in [3.05, 3.63) is 29.0 Å². The molecule has 0 bridgehead atoms. The van der Waals surface area contributed by atoms with Crippen molar-refractivity contribution in [2.24, 2.45) is 5.92 Å². The van der Waals surface area contributed by atoms with Crippen molar-refractivity contribution in [2.75, 3.05) is 27.1 Å². The van der Waals surface area contributed by atoms with Crippen molar-refractivity contribution in [1.82, 2.24) is 0 Å². The number of nitrogen functional groups attached to an aromatic ring is 1. The first-order valence-corrected chi connectivity index (χ1v) is 8.61. The smallest absolute Gasteiger partial charge is 0.289 e. The predicted molar refractivity (Wildman–Crippen MR) is 98.4 cm³/mol. The summed E-state index contributed by atoms with van der Waals surface area (Å²) in [7, 11) is 4.73. The van der Waals surface area contributed by atoms with E-state index in [1.165, 1.54) is 0 Å². The Morgan fingerprint density at radius 1 is 1.15 bits per heavy atom. The van der Waals surface area contributed by atoms with Gasteiger partial charge >= 0.3 is 0 Å². The van der Waals surface area contributed by atoms with E-state index in [1.54, 1.807) is 21.3 Å². The molecule has 0 fully saturated rings. The van der Waals surface area contributed by atoms with Gasteiger partial charge in [-0.25, -0.2) is 4.98 Å². The maximum absolute atomic E-state index is 9.74. The molecule has 1 aliphatic rings. The summed E-state index contributed by atoms with van der Waals surface area (Å²) in [6, 6.07) is 6.00. The third-order valence-corrected chi connectivity index (χ3v) is 4.98. The number of H-pyrrole nitrogens is 1. The molecule has 26 heavy (non-hydrogen) atoms. The van der Waals surface area contributed by atoms with E-state index in [2.05, 4.69) is 18.0 Å². The van der Waals surface area contributed by atoms with Gasteiger partial charge in [0.05, 0.1) is 21.3 Å². The molecule has 3 rings (SSSR count). The Hall–Kier alpha value is -2.94. The van der Waals surface area contributed by atoms with E-state index in [9.17, 15) is 5.26 Å². The Balaban J connectivity index is 2.33. The number of nitriles is 1. The zero-order valence-electron chi connectivity index (χ0n) is 15.6. The molecular weight excluding hydrogens is 330 g/mol. The fraction of sp³-hybridized carbons (Fsp3) is 0.400. The van der Waals surface area contributed by atoms with E-state index in [1.807, 2.05) is 12.1 Å². The Bertz CT molecular complexity index is 862. The highest BCUT2D eigenvalue weighted by atomic mass is 16.5. The number of aromatic nitrogens is 1. The number of aromatic amines is 1. The minimum absolute atomic E-state index is 0.393. The van der Waals surface area contributed by atoms with Gasteiger partial charge in [-0.2, -0.15) is 5.26 Å². The van der Waals surface area contributed by atoms with Gasteiger partial charge in [0.15, 0.2) is 11.5 Å². The van der Waals surface area contributed by atoms with Gasteiger partial charge in [-0.15, -0.1) is 0 Å². The lowest BCUT2D eigenvalue weighted by atomic mass is 9.82. The molecule has 0 amide bonds. The number of nitrogens with one attached hydrogen (secondary N) is 1. The van der Waals surface area contributed by atoms with E-state index in [0.29, 0.717) is 34.5 Å². The Morgan fingerprint density at radius 2 is 1.81 bits per heavy atom. The van der Waals surface area contributed by atoms with Crippen LogP contribution in [0.25, 0.3) is 11.1 Å². The topological polar surface area (TPSA) is 91.6 Å². The quantitative estimate of drug-likeness (QED) is 0.911. The predicted octanol–water partition coefficient (Wildman–Crippen LogP) is 2.77. The summed E-state index contributed by atoms with van der Waals surface area (Å²) in [5.41, 5.74) is 10.5. The summed E-state index contributed by atoms with van der Waals surface area (Å²) in [5, 5.41) is 9.74. The van der Waals surface area contributed by atoms with Crippen LogP contribution in [-0.2, 0) is 12.8 Å². The second-order valence-corrected chi connectivity index (χ2v) is 6.62. The standard InChI is InChI=1S/C20H23N3O3/c1-11-5-6-15-13(7-11)18(14(10-21)20(22)23-15)12-8-16(24-2)19(26-4)17(9-12)25-3/h8-9,11H,5-7H2,1-4H3,(H2,22,23)/p+1/t11-/m1/s1. The second-order valence-electron chi connectivity index (χ2n) is 6.62. The average Bonchev–Trinajstić information content (AvgIpc) is 2.65. The number of rotatable bonds is 4. The molecule has 6 nitrogen and oxygen atoms in total. The summed E-state index contributed by atoms with van der Waals surface area (Å²) in [4.78, 5) is 3.23. The first kappa shape index (κ1) is 17.9. The first-order valence-electron chi connectivity index (χ1n) is 8.61. The number of benzene rings is 1. The van der Waals surface area contributed by atoms with Gasteiger partial charge < -0.3 is 14.2 Å². The van der Waals surface area contributed by atoms with Crippen molar-refractivity contribution >= 4 is 5.82 Å². The fourth-order valence-electron chi connectivity index (χ4n) is 3.68. The normalized spacial score (nSPS) is 15.7. The Kier molecular flexibility index (Phi) is 4.90. The Morgan fingerprint density at radius 3 is 2.35 bits per heavy atom. The number of hydrogen-bond acceptors (Lipinski definition) is 5. The molecule has 0 radical (unpaired) electrons. The molecule has 0 aliphatic heterocycles. The van der Waals surface area contributed by atoms with E-state index >= 15 is 0 Å². The van der Waals surface area contributed by atoms with Crippen LogP contribution in [0, 0.1) is 17.2 Å². The van der Waals surface area contributed by atoms with Crippen molar-refractivity contribution in [3.63, 3.8) is 0 Å². The van der Waals surface area contributed by atoms with Gasteiger partial charge in [0.2, 0.25) is 5.75 Å². The molecule has 0 spiro atoms. The van der Waals surface area contributed by atoms with Crippen LogP contribution < -0.4 is 24.9 Å². The molecule has 1 atom stereocenters. The van der Waals surface area contributed by atoms with Gasteiger partial charge in [-0.1, -0.05) is 6.92 Å². The molecule has 0 saturated heterocycles. The molecule has 1 aromatic carbocycles. The molecule has 6 heteroatoms. The third kappa shape index (κ3) is 2.90. The lowest BCUT2D eigenvalue weighted by Gasteiger charge is -2.23. The number of hydrogen-bond donors (Lipinski definition) is 1. The van der Waals surface area contributed by atoms with Gasteiger partial charge in [0.25, 0.3) is 5.82 Å². The SMILES string of the molecule is COc1cc(-c2c(C#N)c(N)[nH+]c3c2C[C@H](C)CC3)cc(OC)c1OC. The molecule has 2 aromatic rings. The summed E-state index contributed by atoms with van der Waals surface area (Å²) < 4.78 is 16.4. The summed E-state index contributed by atoms with van der Waals surface area (Å²) in [6.45, 7) is 2.23. The minimum atomic E-state index is 0.393. The lowest BCUT2D eigenvalue weighted by Crippen LogP contribution is -2.27. The van der Waals surface area contributed by atoms with Crippen molar-refractivity contribution in [2.45, 2.75) is 26.2 Å². The molecule has 1 aromatic heterocycles. The third-order valence-electron chi connectivity index (χ3n) is 4.98. The number of nitrogens with zero attached hydrogens (tertiary/aromatic N) is 1. The van der Waals surface area contributed by atoms with Crippen LogP contribution in [0.3, 0.4) is 0 Å². The van der Waals surface area contributed by atoms with Gasteiger partial charge in [-0.05, 0) is 36.5 Å². The van der Waals surface area contributed by atoms with Crippen LogP contribution in [-0.4, -0.2) is 21.3 Å². The largest absolute Gasteiger partial charge is 0.493 e. The number of pyridine rings is 1.